The number of thiazole rings is 1. The largest absolute Gasteiger partial charge is 0.444 e. The second-order valence-electron chi connectivity index (χ2n) is 7.71. The first-order chi connectivity index (χ1) is 12.8. The number of carbonyl (C=O) groups is 1. The molecule has 1 heterocycles. The smallest absolute Gasteiger partial charge is 0.410 e. The van der Waals surface area contributed by atoms with Crippen LogP contribution in [0.1, 0.15) is 50.4 Å². The van der Waals surface area contributed by atoms with Crippen LogP contribution in [0.5, 0.6) is 0 Å². The summed E-state index contributed by atoms with van der Waals surface area (Å²) < 4.78 is 5.53. The van der Waals surface area contributed by atoms with Gasteiger partial charge in [-0.1, -0.05) is 0 Å². The number of aryl methyl sites for hydroxylation is 1. The Morgan fingerprint density at radius 2 is 2.11 bits per heavy atom. The lowest BCUT2D eigenvalue weighted by molar-refractivity contribution is 0.0238. The van der Waals surface area contributed by atoms with Gasteiger partial charge < -0.3 is 20.3 Å². The standard InChI is InChI=1S/C19H33N5O2S.HI/c1-6-20-17(21-10-9-16-23-13-14(2)27-16)22-11-12-24(15-7-8-15)18(25)26-19(3,4)5;/h13,15H,6-12H2,1-5H3,(H2,20,21,22);1H. The first-order valence-electron chi connectivity index (χ1n) is 9.71. The fraction of sp³-hybridized carbons (Fsp3) is 0.737. The van der Waals surface area contributed by atoms with Crippen LogP contribution >= 0.6 is 35.3 Å². The van der Waals surface area contributed by atoms with E-state index in [2.05, 4.69) is 27.5 Å². The summed E-state index contributed by atoms with van der Waals surface area (Å²) in [6, 6.07) is 0.314. The van der Waals surface area contributed by atoms with Crippen LogP contribution in [0.3, 0.4) is 0 Å². The van der Waals surface area contributed by atoms with Crippen molar-refractivity contribution in [1.82, 2.24) is 20.5 Å². The van der Waals surface area contributed by atoms with Crippen LogP contribution in [-0.4, -0.2) is 59.8 Å². The van der Waals surface area contributed by atoms with Gasteiger partial charge >= 0.3 is 6.09 Å². The van der Waals surface area contributed by atoms with E-state index in [1.165, 1.54) is 4.88 Å². The third kappa shape index (κ3) is 9.40. The minimum Gasteiger partial charge on any atom is -0.444 e. The summed E-state index contributed by atoms with van der Waals surface area (Å²) in [5.41, 5.74) is -0.470. The van der Waals surface area contributed by atoms with Crippen LogP contribution in [0.25, 0.3) is 0 Å². The average molecular weight is 523 g/mol. The molecule has 28 heavy (non-hydrogen) atoms. The van der Waals surface area contributed by atoms with E-state index in [9.17, 15) is 4.79 Å². The molecule has 1 aromatic rings. The fourth-order valence-corrected chi connectivity index (χ4v) is 3.32. The Bertz CT molecular complexity index is 641. The molecule has 0 aliphatic heterocycles. The van der Waals surface area contributed by atoms with Gasteiger partial charge in [0.1, 0.15) is 5.60 Å². The summed E-state index contributed by atoms with van der Waals surface area (Å²) in [7, 11) is 0. The number of hydrogen-bond donors (Lipinski definition) is 2. The number of rotatable bonds is 8. The van der Waals surface area contributed by atoms with E-state index >= 15 is 0 Å². The van der Waals surface area contributed by atoms with Gasteiger partial charge in [0.25, 0.3) is 0 Å². The lowest BCUT2D eigenvalue weighted by Crippen LogP contribution is -2.45. The molecule has 1 aliphatic rings. The van der Waals surface area contributed by atoms with E-state index in [-0.39, 0.29) is 30.1 Å². The minimum absolute atomic E-state index is 0. The van der Waals surface area contributed by atoms with Gasteiger partial charge in [-0.2, -0.15) is 0 Å². The highest BCUT2D eigenvalue weighted by molar-refractivity contribution is 14.0. The maximum Gasteiger partial charge on any atom is 0.410 e. The number of aromatic nitrogens is 1. The number of hydrogen-bond acceptors (Lipinski definition) is 5. The van der Waals surface area contributed by atoms with E-state index in [1.807, 2.05) is 38.8 Å². The van der Waals surface area contributed by atoms with E-state index < -0.39 is 5.60 Å². The number of ether oxygens (including phenoxy) is 1. The summed E-state index contributed by atoms with van der Waals surface area (Å²) >= 11 is 1.71. The molecule has 1 amide bonds. The van der Waals surface area contributed by atoms with Crippen LogP contribution in [-0.2, 0) is 11.2 Å². The Morgan fingerprint density at radius 1 is 1.39 bits per heavy atom. The van der Waals surface area contributed by atoms with Gasteiger partial charge in [0, 0.05) is 49.7 Å². The Balaban J connectivity index is 0.00000392. The van der Waals surface area contributed by atoms with Crippen molar-refractivity contribution in [2.24, 2.45) is 4.99 Å². The number of nitrogens with zero attached hydrogens (tertiary/aromatic N) is 3. The number of amides is 1. The molecule has 0 radical (unpaired) electrons. The molecule has 0 saturated heterocycles. The summed E-state index contributed by atoms with van der Waals surface area (Å²) in [5, 5.41) is 7.67. The molecule has 1 aromatic heterocycles. The van der Waals surface area contributed by atoms with Crippen molar-refractivity contribution >= 4 is 47.4 Å². The summed E-state index contributed by atoms with van der Waals surface area (Å²) in [4.78, 5) is 24.4. The molecule has 9 heteroatoms. The van der Waals surface area contributed by atoms with Crippen LogP contribution in [0, 0.1) is 6.92 Å². The van der Waals surface area contributed by atoms with Gasteiger partial charge in [-0.3, -0.25) is 4.99 Å². The predicted octanol–water partition coefficient (Wildman–Crippen LogP) is 3.57. The molecule has 7 nitrogen and oxygen atoms in total. The van der Waals surface area contributed by atoms with E-state index in [0.717, 1.165) is 36.8 Å². The maximum atomic E-state index is 12.4. The highest BCUT2D eigenvalue weighted by atomic mass is 127. The van der Waals surface area contributed by atoms with Crippen molar-refractivity contribution in [1.29, 1.82) is 0 Å². The summed E-state index contributed by atoms with van der Waals surface area (Å²) in [6.07, 6.45) is 4.62. The molecule has 0 atom stereocenters. The van der Waals surface area contributed by atoms with E-state index in [1.54, 1.807) is 11.3 Å². The van der Waals surface area contributed by atoms with Gasteiger partial charge in [-0.15, -0.1) is 35.3 Å². The summed E-state index contributed by atoms with van der Waals surface area (Å²) in [6.45, 7) is 12.5. The van der Waals surface area contributed by atoms with Crippen molar-refractivity contribution in [2.45, 2.75) is 65.5 Å². The second-order valence-corrected chi connectivity index (χ2v) is 9.03. The highest BCUT2D eigenvalue weighted by Gasteiger charge is 2.34. The molecule has 160 valence electrons. The van der Waals surface area contributed by atoms with Gasteiger partial charge in [0.15, 0.2) is 5.96 Å². The number of nitrogens with one attached hydrogen (secondary N) is 2. The fourth-order valence-electron chi connectivity index (χ4n) is 2.55. The van der Waals surface area contributed by atoms with Crippen molar-refractivity contribution < 1.29 is 9.53 Å². The molecule has 1 saturated carbocycles. The van der Waals surface area contributed by atoms with Gasteiger partial charge in [0.05, 0.1) is 5.01 Å². The van der Waals surface area contributed by atoms with E-state index in [0.29, 0.717) is 25.7 Å². The van der Waals surface area contributed by atoms with Crippen LogP contribution in [0.2, 0.25) is 0 Å². The van der Waals surface area contributed by atoms with Crippen LogP contribution < -0.4 is 10.6 Å². The normalized spacial score (nSPS) is 14.2. The first-order valence-corrected chi connectivity index (χ1v) is 10.5. The zero-order chi connectivity index (χ0) is 19.9. The van der Waals surface area contributed by atoms with Gasteiger partial charge in [0.2, 0.25) is 0 Å². The Labute approximate surface area is 189 Å². The topological polar surface area (TPSA) is 78.9 Å². The van der Waals surface area contributed by atoms with Crippen LogP contribution in [0.4, 0.5) is 4.79 Å². The molecule has 0 unspecified atom stereocenters. The zero-order valence-corrected chi connectivity index (χ0v) is 20.7. The number of aliphatic imine (C=N–C) groups is 1. The Morgan fingerprint density at radius 3 is 2.64 bits per heavy atom. The molecule has 0 aromatic carbocycles. The average Bonchev–Trinajstić information content (AvgIpc) is 3.31. The second kappa shape index (κ2) is 11.8. The van der Waals surface area contributed by atoms with Gasteiger partial charge in [-0.05, 0) is 47.5 Å². The van der Waals surface area contributed by atoms with Crippen LogP contribution in [0.15, 0.2) is 11.2 Å². The number of carbonyl (C=O) groups excluding carboxylic acids is 1. The minimum atomic E-state index is -0.470. The molecule has 1 aliphatic carbocycles. The Hall–Kier alpha value is -1.10. The van der Waals surface area contributed by atoms with Crippen molar-refractivity contribution in [3.8, 4) is 0 Å². The zero-order valence-electron chi connectivity index (χ0n) is 17.6. The van der Waals surface area contributed by atoms with E-state index in [4.69, 9.17) is 4.74 Å². The monoisotopic (exact) mass is 523 g/mol. The molecular formula is C19H34IN5O2S. The molecule has 0 spiro atoms. The third-order valence-electron chi connectivity index (χ3n) is 3.87. The number of guanidine groups is 1. The molecular weight excluding hydrogens is 489 g/mol. The maximum absolute atomic E-state index is 12.4. The highest BCUT2D eigenvalue weighted by Crippen LogP contribution is 2.28. The van der Waals surface area contributed by atoms with Crippen molar-refractivity contribution in [3.63, 3.8) is 0 Å². The molecule has 2 rings (SSSR count). The molecule has 1 fully saturated rings. The lowest BCUT2D eigenvalue weighted by Gasteiger charge is -2.27. The van der Waals surface area contributed by atoms with Gasteiger partial charge in [-0.25, -0.2) is 9.78 Å². The lowest BCUT2D eigenvalue weighted by atomic mass is 10.2. The first kappa shape index (κ1) is 24.9. The quantitative estimate of drug-likeness (QED) is 0.310. The summed E-state index contributed by atoms with van der Waals surface area (Å²) in [5.74, 6) is 0.769. The van der Waals surface area contributed by atoms with Crippen molar-refractivity contribution in [2.75, 3.05) is 26.2 Å². The molecule has 2 N–H and O–H groups in total. The predicted molar refractivity (Wildman–Crippen MR) is 126 cm³/mol. The number of halogens is 1. The van der Waals surface area contributed by atoms with Crippen molar-refractivity contribution in [3.05, 3.63) is 16.1 Å². The molecule has 0 bridgehead atoms. The SMILES string of the molecule is CCNC(=NCCc1ncc(C)s1)NCCN(C(=O)OC(C)(C)C)C1CC1.I. The third-order valence-corrected chi connectivity index (χ3v) is 4.84. The Kier molecular flexibility index (Phi) is 10.5.